The third-order valence-corrected chi connectivity index (χ3v) is 6.14. The van der Waals surface area contributed by atoms with Gasteiger partial charge in [0.2, 0.25) is 0 Å². The van der Waals surface area contributed by atoms with E-state index in [1.165, 1.54) is 0 Å². The predicted octanol–water partition coefficient (Wildman–Crippen LogP) is 3.57. The van der Waals surface area contributed by atoms with Gasteiger partial charge in [-0.3, -0.25) is 0 Å². The summed E-state index contributed by atoms with van der Waals surface area (Å²) in [7, 11) is 0. The quantitative estimate of drug-likeness (QED) is 0.735. The van der Waals surface area contributed by atoms with E-state index >= 15 is 0 Å². The second kappa shape index (κ2) is 9.62. The molecule has 0 aliphatic carbocycles. The number of hydrogen-bond donors (Lipinski definition) is 1. The Morgan fingerprint density at radius 2 is 1.83 bits per heavy atom. The van der Waals surface area contributed by atoms with Crippen molar-refractivity contribution in [2.24, 2.45) is 5.41 Å². The Morgan fingerprint density at radius 3 is 2.38 bits per heavy atom. The summed E-state index contributed by atoms with van der Waals surface area (Å²) in [6.07, 6.45) is 8.03. The first kappa shape index (κ1) is 19.5. The smallest absolute Gasteiger partial charge is 0.317 e. The Bertz CT molecular complexity index is 363. The molecule has 140 valence electrons. The van der Waals surface area contributed by atoms with Gasteiger partial charge in [0.1, 0.15) is 0 Å². The molecule has 2 aliphatic rings. The fraction of sp³-hybridized carbons (Fsp3) is 0.947. The van der Waals surface area contributed by atoms with Gasteiger partial charge in [-0.05, 0) is 50.4 Å². The molecule has 24 heavy (non-hydrogen) atoms. The molecule has 0 aromatic rings. The maximum atomic E-state index is 12.4. The largest absolute Gasteiger partial charge is 0.376 e. The molecule has 0 radical (unpaired) electrons. The van der Waals surface area contributed by atoms with Crippen molar-refractivity contribution in [1.29, 1.82) is 0 Å². The van der Waals surface area contributed by atoms with E-state index < -0.39 is 0 Å². The number of carbonyl (C=O) groups excluding carboxylic acids is 1. The number of ether oxygens (including phenoxy) is 2. The highest BCUT2D eigenvalue weighted by molar-refractivity contribution is 5.74. The fourth-order valence-corrected chi connectivity index (χ4v) is 3.74. The van der Waals surface area contributed by atoms with Crippen molar-refractivity contribution in [3.8, 4) is 0 Å². The van der Waals surface area contributed by atoms with Crippen LogP contribution < -0.4 is 5.32 Å². The highest BCUT2D eigenvalue weighted by atomic mass is 16.5. The Hall–Kier alpha value is -0.810. The van der Waals surface area contributed by atoms with E-state index in [2.05, 4.69) is 26.1 Å². The molecule has 0 aromatic heterocycles. The van der Waals surface area contributed by atoms with E-state index in [-0.39, 0.29) is 23.7 Å². The molecule has 2 heterocycles. The molecule has 0 bridgehead atoms. The van der Waals surface area contributed by atoms with Gasteiger partial charge in [0.25, 0.3) is 0 Å². The Morgan fingerprint density at radius 1 is 1.17 bits per heavy atom. The summed E-state index contributed by atoms with van der Waals surface area (Å²) in [6, 6.07) is 0.0901. The molecule has 0 saturated carbocycles. The van der Waals surface area contributed by atoms with E-state index in [4.69, 9.17) is 9.47 Å². The van der Waals surface area contributed by atoms with Gasteiger partial charge in [-0.2, -0.15) is 0 Å². The van der Waals surface area contributed by atoms with E-state index in [9.17, 15) is 4.79 Å². The van der Waals surface area contributed by atoms with Crippen LogP contribution in [0.2, 0.25) is 0 Å². The number of nitrogens with zero attached hydrogens (tertiary/aromatic N) is 1. The molecule has 2 rings (SSSR count). The molecular formula is C19H36N2O3. The van der Waals surface area contributed by atoms with Crippen LogP contribution in [0.1, 0.15) is 65.7 Å². The minimum atomic E-state index is 0.0901. The van der Waals surface area contributed by atoms with Gasteiger partial charge in [0.05, 0.1) is 18.8 Å². The van der Waals surface area contributed by atoms with E-state index in [1.807, 2.05) is 4.90 Å². The lowest BCUT2D eigenvalue weighted by atomic mass is 9.80. The van der Waals surface area contributed by atoms with Gasteiger partial charge in [-0.15, -0.1) is 0 Å². The number of carbonyl (C=O) groups is 1. The standard InChI is InChI=1S/C19H36N2O3/c1-4-19(5-2,6-3)15-20-18(22)21-11-9-16(10-12-21)24-14-17-8-7-13-23-17/h16-17H,4-15H2,1-3H3,(H,20,22). The first-order valence-corrected chi connectivity index (χ1v) is 9.88. The van der Waals surface area contributed by atoms with Crippen LogP contribution in [-0.2, 0) is 9.47 Å². The first-order valence-electron chi connectivity index (χ1n) is 9.88. The lowest BCUT2D eigenvalue weighted by Crippen LogP contribution is -2.48. The van der Waals surface area contributed by atoms with Gasteiger partial charge in [0.15, 0.2) is 0 Å². The summed E-state index contributed by atoms with van der Waals surface area (Å²) < 4.78 is 11.6. The van der Waals surface area contributed by atoms with Crippen LogP contribution in [0.4, 0.5) is 4.79 Å². The van der Waals surface area contributed by atoms with Gasteiger partial charge >= 0.3 is 6.03 Å². The molecule has 0 aromatic carbocycles. The van der Waals surface area contributed by atoms with Crippen molar-refractivity contribution >= 4 is 6.03 Å². The minimum absolute atomic E-state index is 0.0901. The van der Waals surface area contributed by atoms with Gasteiger partial charge in [-0.1, -0.05) is 20.8 Å². The van der Waals surface area contributed by atoms with Crippen molar-refractivity contribution in [2.45, 2.75) is 77.9 Å². The highest BCUT2D eigenvalue weighted by Crippen LogP contribution is 2.29. The Kier molecular flexibility index (Phi) is 7.82. The molecule has 2 fully saturated rings. The first-order chi connectivity index (χ1) is 11.6. The second-order valence-electron chi connectivity index (χ2n) is 7.37. The summed E-state index contributed by atoms with van der Waals surface area (Å²) in [5, 5.41) is 3.16. The van der Waals surface area contributed by atoms with Crippen LogP contribution in [0.5, 0.6) is 0 Å². The van der Waals surface area contributed by atoms with Crippen molar-refractivity contribution in [3.63, 3.8) is 0 Å². The molecule has 2 aliphatic heterocycles. The molecule has 1 N–H and O–H groups in total. The number of amides is 2. The van der Waals surface area contributed by atoms with Crippen LogP contribution >= 0.6 is 0 Å². The van der Waals surface area contributed by atoms with Crippen LogP contribution in [0.3, 0.4) is 0 Å². The van der Waals surface area contributed by atoms with E-state index in [0.29, 0.717) is 6.61 Å². The lowest BCUT2D eigenvalue weighted by Gasteiger charge is -2.35. The van der Waals surface area contributed by atoms with Crippen molar-refractivity contribution in [1.82, 2.24) is 10.2 Å². The second-order valence-corrected chi connectivity index (χ2v) is 7.37. The van der Waals surface area contributed by atoms with Crippen LogP contribution in [0.25, 0.3) is 0 Å². The SMILES string of the molecule is CCC(CC)(CC)CNC(=O)N1CCC(OCC2CCCO2)CC1. The number of urea groups is 1. The van der Waals surface area contributed by atoms with Crippen molar-refractivity contribution in [2.75, 3.05) is 32.8 Å². The van der Waals surface area contributed by atoms with E-state index in [0.717, 1.165) is 71.2 Å². The third-order valence-electron chi connectivity index (χ3n) is 6.14. The zero-order valence-electron chi connectivity index (χ0n) is 15.8. The zero-order valence-corrected chi connectivity index (χ0v) is 15.8. The van der Waals surface area contributed by atoms with Crippen molar-refractivity contribution in [3.05, 3.63) is 0 Å². The van der Waals surface area contributed by atoms with Gasteiger partial charge in [-0.25, -0.2) is 4.79 Å². The topological polar surface area (TPSA) is 50.8 Å². The average Bonchev–Trinajstić information content (AvgIpc) is 3.15. The molecule has 0 spiro atoms. The van der Waals surface area contributed by atoms with Crippen LogP contribution in [0, 0.1) is 5.41 Å². The lowest BCUT2D eigenvalue weighted by molar-refractivity contribution is -0.0382. The number of piperidine rings is 1. The summed E-state index contributed by atoms with van der Waals surface area (Å²) in [5.74, 6) is 0. The zero-order chi connectivity index (χ0) is 17.4. The number of likely N-dealkylation sites (tertiary alicyclic amines) is 1. The molecular weight excluding hydrogens is 304 g/mol. The molecule has 2 saturated heterocycles. The van der Waals surface area contributed by atoms with Crippen molar-refractivity contribution < 1.29 is 14.3 Å². The normalized spacial score (nSPS) is 22.8. The van der Waals surface area contributed by atoms with Gasteiger partial charge in [0, 0.05) is 26.2 Å². The molecule has 1 unspecified atom stereocenters. The van der Waals surface area contributed by atoms with Gasteiger partial charge < -0.3 is 19.7 Å². The molecule has 5 nitrogen and oxygen atoms in total. The van der Waals surface area contributed by atoms with Crippen LogP contribution in [0.15, 0.2) is 0 Å². The molecule has 2 amide bonds. The van der Waals surface area contributed by atoms with E-state index in [1.54, 1.807) is 0 Å². The monoisotopic (exact) mass is 340 g/mol. The molecule has 5 heteroatoms. The average molecular weight is 341 g/mol. The summed E-state index contributed by atoms with van der Waals surface area (Å²) >= 11 is 0. The Balaban J connectivity index is 1.66. The fourth-order valence-electron chi connectivity index (χ4n) is 3.74. The number of nitrogens with one attached hydrogen (secondary N) is 1. The molecule has 1 atom stereocenters. The maximum absolute atomic E-state index is 12.4. The Labute approximate surface area is 147 Å². The third kappa shape index (κ3) is 5.35. The minimum Gasteiger partial charge on any atom is -0.376 e. The number of hydrogen-bond acceptors (Lipinski definition) is 3. The summed E-state index contributed by atoms with van der Waals surface area (Å²) in [5.41, 5.74) is 0.248. The maximum Gasteiger partial charge on any atom is 0.317 e. The summed E-state index contributed by atoms with van der Waals surface area (Å²) in [6.45, 7) is 10.6. The van der Waals surface area contributed by atoms with Crippen LogP contribution in [-0.4, -0.2) is 56.0 Å². The summed E-state index contributed by atoms with van der Waals surface area (Å²) in [4.78, 5) is 14.4. The highest BCUT2D eigenvalue weighted by Gasteiger charge is 2.28. The predicted molar refractivity (Wildman–Crippen MR) is 96.2 cm³/mol. The number of rotatable bonds is 8.